The summed E-state index contributed by atoms with van der Waals surface area (Å²) in [5.74, 6) is 0.982. The van der Waals surface area contributed by atoms with E-state index in [4.69, 9.17) is 0 Å². The van der Waals surface area contributed by atoms with Gasteiger partial charge in [-0.2, -0.15) is 0 Å². The minimum atomic E-state index is 0.413. The molecule has 76 valence electrons. The van der Waals surface area contributed by atoms with Crippen molar-refractivity contribution >= 4 is 28.4 Å². The molecule has 0 aliphatic rings. The van der Waals surface area contributed by atoms with Crippen molar-refractivity contribution in [2.75, 3.05) is 11.4 Å². The molecule has 1 heterocycles. The molecule has 0 saturated heterocycles. The van der Waals surface area contributed by atoms with E-state index in [0.29, 0.717) is 6.04 Å². The lowest BCUT2D eigenvalue weighted by molar-refractivity contribution is 0.708. The van der Waals surface area contributed by atoms with E-state index in [1.807, 2.05) is 12.3 Å². The van der Waals surface area contributed by atoms with Crippen molar-refractivity contribution in [2.45, 2.75) is 19.9 Å². The van der Waals surface area contributed by atoms with Crippen LogP contribution in [0, 0.1) is 3.57 Å². The molecule has 0 unspecified atom stereocenters. The number of aromatic nitrogens is 2. The molecule has 1 aromatic heterocycles. The van der Waals surface area contributed by atoms with Gasteiger partial charge in [-0.3, -0.25) is 0 Å². The van der Waals surface area contributed by atoms with Crippen LogP contribution in [-0.4, -0.2) is 22.6 Å². The zero-order valence-electron chi connectivity index (χ0n) is 8.44. The average molecular weight is 303 g/mol. The standard InChI is InChI=1S/C10H14IN3/c1-4-5-14(8(2)3)10-9(11)6-12-7-13-10/h4,6-8H,1,5H2,2-3H3. The Morgan fingerprint density at radius 1 is 1.64 bits per heavy atom. The molecular weight excluding hydrogens is 289 g/mol. The number of halogens is 1. The molecule has 0 saturated carbocycles. The Morgan fingerprint density at radius 2 is 2.36 bits per heavy atom. The van der Waals surface area contributed by atoms with Crippen molar-refractivity contribution in [3.63, 3.8) is 0 Å². The number of nitrogens with zero attached hydrogens (tertiary/aromatic N) is 3. The normalized spacial score (nSPS) is 10.3. The summed E-state index contributed by atoms with van der Waals surface area (Å²) in [5.41, 5.74) is 0. The summed E-state index contributed by atoms with van der Waals surface area (Å²) in [6, 6.07) is 0.413. The van der Waals surface area contributed by atoms with Crippen LogP contribution in [0.2, 0.25) is 0 Å². The third-order valence-corrected chi connectivity index (χ3v) is 2.63. The summed E-state index contributed by atoms with van der Waals surface area (Å²) in [6.45, 7) is 8.84. The third kappa shape index (κ3) is 2.67. The van der Waals surface area contributed by atoms with E-state index >= 15 is 0 Å². The van der Waals surface area contributed by atoms with Gasteiger partial charge in [0, 0.05) is 18.8 Å². The molecule has 4 heteroatoms. The maximum atomic E-state index is 4.28. The van der Waals surface area contributed by atoms with Gasteiger partial charge in [0.1, 0.15) is 12.1 Å². The molecule has 0 fully saturated rings. The molecule has 0 atom stereocenters. The minimum absolute atomic E-state index is 0.413. The molecule has 0 N–H and O–H groups in total. The molecule has 0 aliphatic heterocycles. The molecule has 0 bridgehead atoms. The second kappa shape index (κ2) is 5.29. The highest BCUT2D eigenvalue weighted by Crippen LogP contribution is 2.19. The van der Waals surface area contributed by atoms with Crippen LogP contribution >= 0.6 is 22.6 Å². The van der Waals surface area contributed by atoms with Crippen LogP contribution in [0.15, 0.2) is 25.2 Å². The first kappa shape index (κ1) is 11.4. The lowest BCUT2D eigenvalue weighted by atomic mass is 10.3. The number of hydrogen-bond acceptors (Lipinski definition) is 3. The molecule has 0 amide bonds. The summed E-state index contributed by atoms with van der Waals surface area (Å²) >= 11 is 2.25. The molecule has 0 aromatic carbocycles. The Morgan fingerprint density at radius 3 is 2.86 bits per heavy atom. The van der Waals surface area contributed by atoms with Gasteiger partial charge in [-0.15, -0.1) is 6.58 Å². The van der Waals surface area contributed by atoms with Crippen LogP contribution in [0.1, 0.15) is 13.8 Å². The zero-order chi connectivity index (χ0) is 10.6. The van der Waals surface area contributed by atoms with Crippen LogP contribution < -0.4 is 4.90 Å². The van der Waals surface area contributed by atoms with Crippen LogP contribution in [0.3, 0.4) is 0 Å². The van der Waals surface area contributed by atoms with Crippen molar-refractivity contribution < 1.29 is 0 Å². The predicted octanol–water partition coefficient (Wildman–Crippen LogP) is 2.48. The summed E-state index contributed by atoms with van der Waals surface area (Å²) in [5, 5.41) is 0. The van der Waals surface area contributed by atoms with E-state index in [0.717, 1.165) is 15.9 Å². The number of hydrogen-bond donors (Lipinski definition) is 0. The Kier molecular flexibility index (Phi) is 4.31. The quantitative estimate of drug-likeness (QED) is 0.632. The minimum Gasteiger partial charge on any atom is -0.350 e. The van der Waals surface area contributed by atoms with E-state index in [1.54, 1.807) is 6.33 Å². The lowest BCUT2D eigenvalue weighted by Crippen LogP contribution is -2.32. The fourth-order valence-corrected chi connectivity index (χ4v) is 1.81. The van der Waals surface area contributed by atoms with Gasteiger partial charge < -0.3 is 4.90 Å². The summed E-state index contributed by atoms with van der Waals surface area (Å²) in [7, 11) is 0. The largest absolute Gasteiger partial charge is 0.350 e. The average Bonchev–Trinajstić information content (AvgIpc) is 2.15. The van der Waals surface area contributed by atoms with Gasteiger partial charge in [-0.1, -0.05) is 6.08 Å². The van der Waals surface area contributed by atoms with E-state index in [2.05, 4.69) is 57.9 Å². The zero-order valence-corrected chi connectivity index (χ0v) is 10.6. The molecule has 0 aliphatic carbocycles. The lowest BCUT2D eigenvalue weighted by Gasteiger charge is -2.26. The Hall–Kier alpha value is -0.650. The summed E-state index contributed by atoms with van der Waals surface area (Å²) < 4.78 is 1.07. The number of anilines is 1. The van der Waals surface area contributed by atoms with Crippen molar-refractivity contribution in [3.8, 4) is 0 Å². The van der Waals surface area contributed by atoms with Crippen LogP contribution in [0.25, 0.3) is 0 Å². The monoisotopic (exact) mass is 303 g/mol. The van der Waals surface area contributed by atoms with E-state index in [-0.39, 0.29) is 0 Å². The van der Waals surface area contributed by atoms with Crippen LogP contribution in [-0.2, 0) is 0 Å². The fraction of sp³-hybridized carbons (Fsp3) is 0.400. The van der Waals surface area contributed by atoms with Crippen molar-refractivity contribution in [1.29, 1.82) is 0 Å². The van der Waals surface area contributed by atoms with Crippen LogP contribution in [0.5, 0.6) is 0 Å². The highest BCUT2D eigenvalue weighted by molar-refractivity contribution is 14.1. The van der Waals surface area contributed by atoms with Gasteiger partial charge >= 0.3 is 0 Å². The Bertz CT molecular complexity index is 312. The van der Waals surface area contributed by atoms with Gasteiger partial charge in [0.15, 0.2) is 0 Å². The second-order valence-electron chi connectivity index (χ2n) is 3.23. The smallest absolute Gasteiger partial charge is 0.145 e. The number of rotatable bonds is 4. The van der Waals surface area contributed by atoms with E-state index in [1.165, 1.54) is 0 Å². The maximum absolute atomic E-state index is 4.28. The summed E-state index contributed by atoms with van der Waals surface area (Å²) in [4.78, 5) is 10.4. The van der Waals surface area contributed by atoms with Gasteiger partial charge in [0.2, 0.25) is 0 Å². The molecule has 14 heavy (non-hydrogen) atoms. The molecule has 0 radical (unpaired) electrons. The van der Waals surface area contributed by atoms with Crippen molar-refractivity contribution in [2.24, 2.45) is 0 Å². The predicted molar refractivity (Wildman–Crippen MR) is 67.4 cm³/mol. The molecule has 0 spiro atoms. The first-order valence-corrected chi connectivity index (χ1v) is 5.57. The van der Waals surface area contributed by atoms with Gasteiger partial charge in [0.05, 0.1) is 3.57 Å². The molecular formula is C10H14IN3. The van der Waals surface area contributed by atoms with Crippen LogP contribution in [0.4, 0.5) is 5.82 Å². The second-order valence-corrected chi connectivity index (χ2v) is 4.39. The fourth-order valence-electron chi connectivity index (χ4n) is 1.20. The summed E-state index contributed by atoms with van der Waals surface area (Å²) in [6.07, 6.45) is 5.29. The SMILES string of the molecule is C=CCN(c1ncncc1I)C(C)C. The van der Waals surface area contributed by atoms with Gasteiger partial charge in [-0.25, -0.2) is 9.97 Å². The van der Waals surface area contributed by atoms with Gasteiger partial charge in [-0.05, 0) is 36.4 Å². The molecule has 1 aromatic rings. The molecule has 1 rings (SSSR count). The highest BCUT2D eigenvalue weighted by Gasteiger charge is 2.12. The van der Waals surface area contributed by atoms with E-state index in [9.17, 15) is 0 Å². The maximum Gasteiger partial charge on any atom is 0.145 e. The highest BCUT2D eigenvalue weighted by atomic mass is 127. The third-order valence-electron chi connectivity index (χ3n) is 1.87. The Labute approximate surface area is 98.4 Å². The van der Waals surface area contributed by atoms with E-state index < -0.39 is 0 Å². The first-order chi connectivity index (χ1) is 6.66. The first-order valence-electron chi connectivity index (χ1n) is 4.50. The Balaban J connectivity index is 2.98. The van der Waals surface area contributed by atoms with Crippen molar-refractivity contribution in [1.82, 2.24) is 9.97 Å². The molecule has 3 nitrogen and oxygen atoms in total. The topological polar surface area (TPSA) is 29.0 Å². The van der Waals surface area contributed by atoms with Gasteiger partial charge in [0.25, 0.3) is 0 Å². The van der Waals surface area contributed by atoms with Crippen molar-refractivity contribution in [3.05, 3.63) is 28.7 Å².